The summed E-state index contributed by atoms with van der Waals surface area (Å²) in [6.45, 7) is 19.8. The number of hydrogen-bond donors (Lipinski definition) is 2. The monoisotopic (exact) mass is 496 g/mol. The molecule has 2 saturated carbocycles. The summed E-state index contributed by atoms with van der Waals surface area (Å²) in [6, 6.07) is 0. The summed E-state index contributed by atoms with van der Waals surface area (Å²) in [7, 11) is 0. The molecule has 0 amide bonds. The van der Waals surface area contributed by atoms with Crippen molar-refractivity contribution in [3.63, 3.8) is 0 Å². The Kier molecular flexibility index (Phi) is 6.91. The second kappa shape index (κ2) is 8.94. The van der Waals surface area contributed by atoms with E-state index >= 15 is 0 Å². The summed E-state index contributed by atoms with van der Waals surface area (Å²) in [5.41, 5.74) is 4.11. The van der Waals surface area contributed by atoms with Crippen molar-refractivity contribution in [2.75, 3.05) is 0 Å². The fraction of sp³-hybridized carbons (Fsp3) is 0.788. The van der Waals surface area contributed by atoms with Crippen LogP contribution in [0.15, 0.2) is 34.9 Å². The SMILES string of the molecule is CC(=O)/C=C1\CC[C@]2(C)C3=CC[C@]4(C)[C@@H]([C@H](C)CCC(O)C(C)(C)O)CC[C@@]4(C)C3=CC[C@H]2C1(C)C. The fourth-order valence-corrected chi connectivity index (χ4v) is 9.29. The summed E-state index contributed by atoms with van der Waals surface area (Å²) >= 11 is 0. The zero-order chi connectivity index (χ0) is 26.9. The molecule has 0 aromatic carbocycles. The van der Waals surface area contributed by atoms with Crippen LogP contribution in [0.3, 0.4) is 0 Å². The summed E-state index contributed by atoms with van der Waals surface area (Å²) in [6.07, 6.45) is 14.9. The molecule has 3 nitrogen and oxygen atoms in total. The highest BCUT2D eigenvalue weighted by Crippen LogP contribution is 2.72. The van der Waals surface area contributed by atoms with Gasteiger partial charge in [-0.1, -0.05) is 59.3 Å². The van der Waals surface area contributed by atoms with Gasteiger partial charge in [0, 0.05) is 0 Å². The molecule has 202 valence electrons. The van der Waals surface area contributed by atoms with Crippen molar-refractivity contribution in [2.24, 2.45) is 39.4 Å². The Bertz CT molecular complexity index is 991. The van der Waals surface area contributed by atoms with Crippen molar-refractivity contribution in [1.82, 2.24) is 0 Å². The molecular formula is C33H52O3. The molecule has 0 bridgehead atoms. The molecule has 0 radical (unpaired) electrons. The summed E-state index contributed by atoms with van der Waals surface area (Å²) in [5.74, 6) is 1.83. The zero-order valence-corrected chi connectivity index (χ0v) is 24.5. The van der Waals surface area contributed by atoms with E-state index in [1.807, 2.05) is 6.08 Å². The minimum atomic E-state index is -1.04. The molecule has 0 aromatic heterocycles. The normalized spacial score (nSPS) is 40.5. The van der Waals surface area contributed by atoms with Gasteiger partial charge in [0.1, 0.15) is 0 Å². The van der Waals surface area contributed by atoms with Gasteiger partial charge in [-0.3, -0.25) is 4.79 Å². The van der Waals surface area contributed by atoms with Gasteiger partial charge in [0.15, 0.2) is 5.78 Å². The lowest BCUT2D eigenvalue weighted by atomic mass is 9.44. The van der Waals surface area contributed by atoms with E-state index in [1.54, 1.807) is 31.9 Å². The first-order valence-electron chi connectivity index (χ1n) is 14.5. The lowest BCUT2D eigenvalue weighted by Crippen LogP contribution is -2.51. The third kappa shape index (κ3) is 4.12. The van der Waals surface area contributed by atoms with Gasteiger partial charge in [-0.25, -0.2) is 0 Å². The standard InChI is InChI=1S/C33H52O3/c1-21(10-13-28(35)30(5,6)36)24-15-18-33(9)26-11-12-27-29(3,4)23(20-22(2)34)14-17-31(27,7)25(26)16-19-32(24,33)8/h11,16,20-21,24,27-28,35-36H,10,12-15,17-19H2,1-9H3/b23-20+/t21-,24-,27+,28?,31-,32-,33+/m1/s1. The number of carbonyl (C=O) groups is 1. The molecule has 1 unspecified atom stereocenters. The zero-order valence-electron chi connectivity index (χ0n) is 24.5. The van der Waals surface area contributed by atoms with Crippen molar-refractivity contribution in [3.8, 4) is 0 Å². The van der Waals surface area contributed by atoms with Gasteiger partial charge in [-0.2, -0.15) is 0 Å². The number of ketones is 1. The second-order valence-electron chi connectivity index (χ2n) is 14.8. The lowest BCUT2D eigenvalue weighted by Gasteiger charge is -2.60. The van der Waals surface area contributed by atoms with Crippen molar-refractivity contribution >= 4 is 5.78 Å². The van der Waals surface area contributed by atoms with E-state index in [1.165, 1.54) is 18.4 Å². The van der Waals surface area contributed by atoms with Gasteiger partial charge in [-0.15, -0.1) is 0 Å². The number of fused-ring (bicyclic) bond motifs is 5. The number of carbonyl (C=O) groups excluding carboxylic acids is 1. The van der Waals surface area contributed by atoms with E-state index in [0.29, 0.717) is 24.2 Å². The average molecular weight is 497 g/mol. The molecule has 7 atom stereocenters. The summed E-state index contributed by atoms with van der Waals surface area (Å²) in [4.78, 5) is 12.0. The van der Waals surface area contributed by atoms with Gasteiger partial charge in [-0.05, 0) is 129 Å². The van der Waals surface area contributed by atoms with E-state index in [-0.39, 0.29) is 27.4 Å². The third-order valence-electron chi connectivity index (χ3n) is 12.0. The first kappa shape index (κ1) is 27.8. The highest BCUT2D eigenvalue weighted by atomic mass is 16.3. The predicted octanol–water partition coefficient (Wildman–Crippen LogP) is 7.58. The van der Waals surface area contributed by atoms with Crippen LogP contribution in [0, 0.1) is 39.4 Å². The highest BCUT2D eigenvalue weighted by molar-refractivity contribution is 5.88. The van der Waals surface area contributed by atoms with Gasteiger partial charge in [0.25, 0.3) is 0 Å². The van der Waals surface area contributed by atoms with Crippen molar-refractivity contribution in [3.05, 3.63) is 34.9 Å². The molecule has 0 spiro atoms. The second-order valence-corrected chi connectivity index (χ2v) is 14.8. The molecule has 4 aliphatic rings. The van der Waals surface area contributed by atoms with Crippen LogP contribution < -0.4 is 0 Å². The molecule has 4 rings (SSSR count). The molecule has 2 N–H and O–H groups in total. The quantitative estimate of drug-likeness (QED) is 0.373. The number of hydrogen-bond acceptors (Lipinski definition) is 3. The van der Waals surface area contributed by atoms with Crippen LogP contribution in [-0.2, 0) is 4.79 Å². The smallest absolute Gasteiger partial charge is 0.152 e. The first-order chi connectivity index (χ1) is 16.5. The molecule has 0 heterocycles. The number of aliphatic hydroxyl groups excluding tert-OH is 1. The van der Waals surface area contributed by atoms with Gasteiger partial charge in [0.2, 0.25) is 0 Å². The van der Waals surface area contributed by atoms with Crippen LogP contribution >= 0.6 is 0 Å². The van der Waals surface area contributed by atoms with Gasteiger partial charge >= 0.3 is 0 Å². The largest absolute Gasteiger partial charge is 0.390 e. The van der Waals surface area contributed by atoms with E-state index in [2.05, 4.69) is 53.7 Å². The Balaban J connectivity index is 1.62. The van der Waals surface area contributed by atoms with E-state index in [9.17, 15) is 15.0 Å². The molecule has 0 aromatic rings. The van der Waals surface area contributed by atoms with Crippen LogP contribution in [-0.4, -0.2) is 27.7 Å². The Morgan fingerprint density at radius 1 is 1.11 bits per heavy atom. The Hall–Kier alpha value is -1.19. The van der Waals surface area contributed by atoms with Crippen molar-refractivity contribution in [1.29, 1.82) is 0 Å². The molecule has 4 aliphatic carbocycles. The molecule has 0 aliphatic heterocycles. The van der Waals surface area contributed by atoms with Crippen LogP contribution in [0.1, 0.15) is 114 Å². The van der Waals surface area contributed by atoms with E-state index in [0.717, 1.165) is 32.1 Å². The maximum atomic E-state index is 12.0. The number of rotatable bonds is 6. The minimum Gasteiger partial charge on any atom is -0.390 e. The minimum absolute atomic E-state index is 0.0250. The molecular weight excluding hydrogens is 444 g/mol. The molecule has 0 saturated heterocycles. The lowest BCUT2D eigenvalue weighted by molar-refractivity contribution is -0.112. The topological polar surface area (TPSA) is 57.5 Å². The maximum absolute atomic E-state index is 12.0. The number of allylic oxidation sites excluding steroid dienone is 6. The molecule has 2 fully saturated rings. The Labute approximate surface area is 220 Å². The molecule has 3 heteroatoms. The average Bonchev–Trinajstić information content (AvgIpc) is 3.04. The number of aliphatic hydroxyl groups is 2. The maximum Gasteiger partial charge on any atom is 0.152 e. The first-order valence-corrected chi connectivity index (χ1v) is 14.5. The molecule has 36 heavy (non-hydrogen) atoms. The summed E-state index contributed by atoms with van der Waals surface area (Å²) < 4.78 is 0. The van der Waals surface area contributed by atoms with Crippen molar-refractivity contribution in [2.45, 2.75) is 125 Å². The van der Waals surface area contributed by atoms with E-state index < -0.39 is 11.7 Å². The van der Waals surface area contributed by atoms with Crippen LogP contribution in [0.5, 0.6) is 0 Å². The van der Waals surface area contributed by atoms with Gasteiger partial charge in [0.05, 0.1) is 11.7 Å². The van der Waals surface area contributed by atoms with Gasteiger partial charge < -0.3 is 10.2 Å². The van der Waals surface area contributed by atoms with Crippen LogP contribution in [0.25, 0.3) is 0 Å². The van der Waals surface area contributed by atoms with Crippen LogP contribution in [0.4, 0.5) is 0 Å². The highest BCUT2D eigenvalue weighted by Gasteiger charge is 2.62. The predicted molar refractivity (Wildman–Crippen MR) is 148 cm³/mol. The third-order valence-corrected chi connectivity index (χ3v) is 12.0. The Morgan fingerprint density at radius 3 is 2.39 bits per heavy atom. The summed E-state index contributed by atoms with van der Waals surface area (Å²) in [5, 5.41) is 20.6. The van der Waals surface area contributed by atoms with Crippen LogP contribution in [0.2, 0.25) is 0 Å². The Morgan fingerprint density at radius 2 is 1.78 bits per heavy atom. The fourth-order valence-electron chi connectivity index (χ4n) is 9.29. The van der Waals surface area contributed by atoms with E-state index in [4.69, 9.17) is 0 Å². The van der Waals surface area contributed by atoms with Crippen molar-refractivity contribution < 1.29 is 15.0 Å².